The molecule has 15 nitrogen and oxygen atoms in total. The average Bonchev–Trinajstić information content (AvgIpc) is 0.880. The van der Waals surface area contributed by atoms with Crippen LogP contribution >= 0.6 is 10.5 Å². The van der Waals surface area contributed by atoms with E-state index in [1.807, 2.05) is 0 Å². The standard InChI is InChI=1S/C11H23N.3C10H21N.C9H20N2.C9H19NO.C9H19NS.2C9H19N.C8H17NO2S.C8H17N/c1-9-6-10(2)8-12(7-9)11(3,4)5;2*1-9-5-7-11(8-6-9)10(2,3)4;1-10(2,3)11-8-6-4-5-7-9-11;1-9(2,3)11-7-5-10(4)6-8-11;1-9(2,3)10-6-4-5-8(11)7-10;1-9(2,3)10-5-7-11(4)8-6-10;2*1-9(2,3)10-7-5-4-6-8-10;1-8(2,3)9-4-6-12(10,11)7-5-9;1-8(2,3)9-6-4-5-7-9/h9-10H,6-8H2,1-5H3;2*9H,5-8H2,1-4H3;4-9H2,1-3H3;5-8H2,1-4H3;8,11H,4-7H2,1-3H3;4-8H2,1-3H3;2*4-8H2,1-3H3;4-7H2,1-3H3;4-7H2,1-3H3/t9-,10+;;;;;;;;;;. The van der Waals surface area contributed by atoms with Crippen molar-refractivity contribution in [3.63, 3.8) is 0 Å². The van der Waals surface area contributed by atoms with Crippen molar-refractivity contribution >= 4 is 26.2 Å². The number of hydrogen-bond donors (Lipinski definition) is 1. The number of piperidine rings is 6. The summed E-state index contributed by atoms with van der Waals surface area (Å²) >= 11 is 0. The second-order valence-electron chi connectivity index (χ2n) is 49.4. The highest BCUT2D eigenvalue weighted by atomic mass is 32.2. The number of aliphatic hydroxyl groups excluding tert-OH is 1. The maximum atomic E-state index is 11.1. The number of piperazine rings is 1. The molecule has 11 aliphatic heterocycles. The monoisotopic (exact) mass is 1720 g/mol. The Morgan fingerprint density at radius 1 is 0.252 bits per heavy atom. The number of β-amino-alcohol motifs (C(OH)–C–C–N with tert-alkyl or cyclic N) is 1. The summed E-state index contributed by atoms with van der Waals surface area (Å²) in [5.41, 5.74) is 3.81. The third kappa shape index (κ3) is 53.4. The zero-order valence-electron chi connectivity index (χ0n) is 87.8. The molecule has 17 heteroatoms. The number of likely N-dealkylation sites (tertiary alicyclic amines) is 8. The smallest absolute Gasteiger partial charge is 0.152 e. The van der Waals surface area contributed by atoms with Gasteiger partial charge in [0.15, 0.2) is 9.84 Å². The van der Waals surface area contributed by atoms with E-state index in [0.717, 1.165) is 49.6 Å². The molecule has 119 heavy (non-hydrogen) atoms. The summed E-state index contributed by atoms with van der Waals surface area (Å²) in [6.45, 7) is 114. The third-order valence-corrected chi connectivity index (χ3v) is 30.0. The molecule has 11 fully saturated rings. The molecule has 11 aliphatic rings. The zero-order valence-corrected chi connectivity index (χ0v) is 89.4. The fourth-order valence-electron chi connectivity index (χ4n) is 17.6. The van der Waals surface area contributed by atoms with Crippen LogP contribution in [0.25, 0.3) is 0 Å². The Morgan fingerprint density at radius 2 is 0.471 bits per heavy atom. The van der Waals surface area contributed by atoms with Crippen LogP contribution < -0.4 is 0 Å². The molecule has 11 saturated heterocycles. The molecule has 0 aliphatic carbocycles. The molecule has 0 aromatic heterocycles. The van der Waals surface area contributed by atoms with Crippen molar-refractivity contribution in [2.24, 2.45) is 23.7 Å². The highest BCUT2D eigenvalue weighted by Crippen LogP contribution is 2.31. The molecule has 0 saturated carbocycles. The fraction of sp³-hybridized carbons (Fsp3) is 0.990. The van der Waals surface area contributed by atoms with Crippen molar-refractivity contribution in [1.29, 1.82) is 0 Å². The molecular weight excluding hydrogens is 1510 g/mol. The van der Waals surface area contributed by atoms with Crippen molar-refractivity contribution in [2.75, 3.05) is 187 Å². The van der Waals surface area contributed by atoms with Gasteiger partial charge < -0.3 is 10.0 Å². The fourth-order valence-corrected chi connectivity index (χ4v) is 20.0. The van der Waals surface area contributed by atoms with E-state index in [-0.39, 0.29) is 17.2 Å². The first-order chi connectivity index (χ1) is 54.1. The predicted molar refractivity (Wildman–Crippen MR) is 536 cm³/mol. The zero-order chi connectivity index (χ0) is 91.6. The Hall–Kier alpha value is -0.350. The average molecular weight is 1720 g/mol. The van der Waals surface area contributed by atoms with Gasteiger partial charge in [-0.15, -0.1) is 0 Å². The Balaban J connectivity index is 0.000000655. The van der Waals surface area contributed by atoms with Crippen LogP contribution in [0.2, 0.25) is 0 Å². The minimum absolute atomic E-state index is 0.0945. The van der Waals surface area contributed by atoms with Gasteiger partial charge in [0.1, 0.15) is 0 Å². The second kappa shape index (κ2) is 53.7. The van der Waals surface area contributed by atoms with E-state index in [1.165, 1.54) is 252 Å². The van der Waals surface area contributed by atoms with Crippen molar-refractivity contribution < 1.29 is 13.5 Å². The van der Waals surface area contributed by atoms with Gasteiger partial charge >= 0.3 is 0 Å². The highest BCUT2D eigenvalue weighted by Gasteiger charge is 2.34. The minimum Gasteiger partial charge on any atom is -0.392 e. The van der Waals surface area contributed by atoms with E-state index in [2.05, 4.69) is 328 Å². The summed E-state index contributed by atoms with van der Waals surface area (Å²) in [4.78, 5) is 30.2. The third-order valence-electron chi connectivity index (χ3n) is 26.8. The van der Waals surface area contributed by atoms with E-state index in [0.29, 0.717) is 84.9 Å². The normalized spacial score (nSPS) is 25.3. The van der Waals surface area contributed by atoms with Crippen LogP contribution in [-0.4, -0.2) is 332 Å². The van der Waals surface area contributed by atoms with Gasteiger partial charge in [-0.25, -0.2) is 8.42 Å². The first-order valence-electron chi connectivity index (χ1n) is 49.4. The van der Waals surface area contributed by atoms with Crippen LogP contribution in [0.4, 0.5) is 0 Å². The van der Waals surface area contributed by atoms with Crippen LogP contribution in [0.3, 0.4) is 0 Å². The molecule has 0 amide bonds. The van der Waals surface area contributed by atoms with E-state index in [4.69, 9.17) is 0 Å². The van der Waals surface area contributed by atoms with Gasteiger partial charge in [0.05, 0.1) is 17.6 Å². The Kier molecular flexibility index (Phi) is 52.6. The van der Waals surface area contributed by atoms with E-state index in [1.54, 1.807) is 0 Å². The molecule has 0 bridgehead atoms. The number of sulfone groups is 1. The van der Waals surface area contributed by atoms with Gasteiger partial charge in [-0.05, 0) is 441 Å². The first-order valence-corrected chi connectivity index (χ1v) is 53.0. The van der Waals surface area contributed by atoms with E-state index < -0.39 is 9.84 Å². The largest absolute Gasteiger partial charge is 0.392 e. The molecule has 0 aromatic rings. The van der Waals surface area contributed by atoms with Gasteiger partial charge in [-0.1, -0.05) is 59.2 Å². The lowest BCUT2D eigenvalue weighted by Gasteiger charge is -2.43. The van der Waals surface area contributed by atoms with Crippen LogP contribution in [0, 0.1) is 23.7 Å². The lowest BCUT2D eigenvalue weighted by Crippen LogP contribution is -2.52. The molecule has 3 atom stereocenters. The van der Waals surface area contributed by atoms with E-state index in [9.17, 15) is 13.5 Å². The van der Waals surface area contributed by atoms with Crippen LogP contribution in [0.1, 0.15) is 378 Å². The summed E-state index contributed by atoms with van der Waals surface area (Å²) in [5.74, 6) is 11.0. The Morgan fingerprint density at radius 3 is 0.723 bits per heavy atom. The summed E-state index contributed by atoms with van der Waals surface area (Å²) in [6, 6.07) is 0. The lowest BCUT2D eigenvalue weighted by atomic mass is 9.88. The van der Waals surface area contributed by atoms with Crippen molar-refractivity contribution in [2.45, 2.75) is 445 Å². The molecular formula is C102H216N12O3S2. The van der Waals surface area contributed by atoms with Crippen molar-refractivity contribution in [3.8, 4) is 0 Å². The van der Waals surface area contributed by atoms with Crippen LogP contribution in [-0.2, 0) is 9.84 Å². The van der Waals surface area contributed by atoms with Gasteiger partial charge in [-0.3, -0.25) is 53.9 Å². The second-order valence-corrected chi connectivity index (χ2v) is 53.8. The molecule has 1 N–H and O–H groups in total. The van der Waals surface area contributed by atoms with Crippen molar-refractivity contribution in [1.82, 2.24) is 58.8 Å². The SMILES string of the molecule is C=S1CCN(C(C)(C)C)CC1.CC(C)(C)N1CCCC(O)C1.CC(C)(C)N1CCCC1.CC(C)(C)N1CCCCC1.CC(C)(C)N1CCCCC1.CC(C)(C)N1CCCCCC1.CC(C)(C)N1CCS(=O)(=O)CC1.CC1CCN(C(C)(C)C)CC1.CC1CCN(C(C)(C)C)CC1.CN1CCN(C(C)(C)C)CC1.C[C@@H]1C[C@H](C)CN(C(C)(C)C)C1. The topological polar surface area (TPSA) is 93.2 Å². The maximum absolute atomic E-state index is 11.1. The number of aliphatic hydroxyl groups is 1. The number of hydrogen-bond acceptors (Lipinski definition) is 15. The molecule has 1 unspecified atom stereocenters. The summed E-state index contributed by atoms with van der Waals surface area (Å²) < 4.78 is 22.2. The number of likely N-dealkylation sites (N-methyl/N-ethyl adjacent to an activating group) is 1. The Bertz CT molecular complexity index is 2540. The molecule has 0 aromatic carbocycles. The van der Waals surface area contributed by atoms with E-state index >= 15 is 0 Å². The summed E-state index contributed by atoms with van der Waals surface area (Å²) in [7, 11) is -0.0605. The molecule has 0 radical (unpaired) electrons. The van der Waals surface area contributed by atoms with Crippen molar-refractivity contribution in [3.05, 3.63) is 0 Å². The summed E-state index contributed by atoms with van der Waals surface area (Å²) in [6.07, 6.45) is 25.9. The van der Waals surface area contributed by atoms with Gasteiger partial charge in [-0.2, -0.15) is 10.5 Å². The molecule has 714 valence electrons. The van der Waals surface area contributed by atoms with Gasteiger partial charge in [0.25, 0.3) is 0 Å². The minimum atomic E-state index is -2.72. The van der Waals surface area contributed by atoms with Gasteiger partial charge in [0, 0.05) is 144 Å². The van der Waals surface area contributed by atoms with Crippen LogP contribution in [0.5, 0.6) is 0 Å². The number of nitrogens with zero attached hydrogens (tertiary/aromatic N) is 12. The van der Waals surface area contributed by atoms with Crippen LogP contribution in [0.15, 0.2) is 0 Å². The van der Waals surface area contributed by atoms with Gasteiger partial charge in [0.2, 0.25) is 0 Å². The maximum Gasteiger partial charge on any atom is 0.152 e. The predicted octanol–water partition coefficient (Wildman–Crippen LogP) is 21.5. The molecule has 11 heterocycles. The quantitative estimate of drug-likeness (QED) is 0.233. The highest BCUT2D eigenvalue weighted by molar-refractivity contribution is 8.14. The molecule has 11 rings (SSSR count). The first kappa shape index (κ1) is 117. The number of rotatable bonds is 0. The lowest BCUT2D eigenvalue weighted by molar-refractivity contribution is 0.0224. The Labute approximate surface area is 749 Å². The molecule has 0 spiro atoms. The summed E-state index contributed by atoms with van der Waals surface area (Å²) in [5, 5.41) is 9.40.